The number of halogens is 3. The lowest BCUT2D eigenvalue weighted by atomic mass is 10.0. The Morgan fingerprint density at radius 1 is 1.71 bits per heavy atom. The van der Waals surface area contributed by atoms with Gasteiger partial charge < -0.3 is 10.5 Å². The number of carbonyl (C=O) groups is 1. The van der Waals surface area contributed by atoms with Gasteiger partial charge in [0.25, 0.3) is 0 Å². The van der Waals surface area contributed by atoms with Crippen LogP contribution < -0.4 is 5.73 Å². The van der Waals surface area contributed by atoms with E-state index in [2.05, 4.69) is 9.72 Å². The smallest absolute Gasteiger partial charge is 0.358 e. The van der Waals surface area contributed by atoms with Gasteiger partial charge in [-0.25, -0.2) is 18.6 Å². The van der Waals surface area contributed by atoms with Crippen molar-refractivity contribution >= 4 is 23.3 Å². The van der Waals surface area contributed by atoms with E-state index in [9.17, 15) is 13.6 Å². The highest BCUT2D eigenvalue weighted by molar-refractivity contribution is 6.35. The molecule has 2 N–H and O–H groups in total. The minimum Gasteiger partial charge on any atom is -0.464 e. The highest BCUT2D eigenvalue weighted by atomic mass is 35.5. The van der Waals surface area contributed by atoms with Gasteiger partial charge in [0, 0.05) is 0 Å². The van der Waals surface area contributed by atoms with Gasteiger partial charge in [0.2, 0.25) is 0 Å². The molecule has 0 amide bonds. The summed E-state index contributed by atoms with van der Waals surface area (Å²) in [4.78, 5) is 15.0. The summed E-state index contributed by atoms with van der Waals surface area (Å²) in [6.07, 6.45) is 0. The van der Waals surface area contributed by atoms with Gasteiger partial charge >= 0.3 is 5.97 Å². The van der Waals surface area contributed by atoms with Gasteiger partial charge in [-0.1, -0.05) is 11.6 Å². The lowest BCUT2D eigenvalue weighted by Crippen LogP contribution is -2.22. The van der Waals surface area contributed by atoms with Crippen molar-refractivity contribution in [3.63, 3.8) is 0 Å². The second kappa shape index (κ2) is 4.83. The summed E-state index contributed by atoms with van der Waals surface area (Å²) in [6.45, 7) is -0.300. The van der Waals surface area contributed by atoms with Crippen LogP contribution in [-0.2, 0) is 10.4 Å². The number of ether oxygens (including phenoxy) is 1. The highest BCUT2D eigenvalue weighted by Crippen LogP contribution is 2.31. The van der Waals surface area contributed by atoms with E-state index in [0.717, 1.165) is 20.1 Å². The number of methoxy groups -OCH3 is 1. The van der Waals surface area contributed by atoms with Gasteiger partial charge in [0.05, 0.1) is 23.5 Å². The molecule has 1 aromatic heterocycles. The molecule has 1 unspecified atom stereocenters. The van der Waals surface area contributed by atoms with Crippen molar-refractivity contribution in [2.24, 2.45) is 0 Å². The number of nitrogens with zero attached hydrogens (tertiary/aromatic N) is 1. The first-order valence-electron chi connectivity index (χ1n) is 4.63. The molecule has 0 aliphatic rings. The Labute approximate surface area is 102 Å². The molecule has 7 heteroatoms. The van der Waals surface area contributed by atoms with Crippen LogP contribution in [0.15, 0.2) is 6.07 Å². The number of hydrogen-bond acceptors (Lipinski definition) is 4. The van der Waals surface area contributed by atoms with Gasteiger partial charge in [0.1, 0.15) is 6.67 Å². The molecule has 1 rings (SSSR count). The van der Waals surface area contributed by atoms with E-state index in [4.69, 9.17) is 17.3 Å². The highest BCUT2D eigenvalue weighted by Gasteiger charge is 2.30. The van der Waals surface area contributed by atoms with Crippen molar-refractivity contribution < 1.29 is 18.3 Å². The number of alkyl halides is 2. The van der Waals surface area contributed by atoms with E-state index in [-0.39, 0.29) is 22.1 Å². The summed E-state index contributed by atoms with van der Waals surface area (Å²) < 4.78 is 30.6. The molecule has 0 aliphatic heterocycles. The van der Waals surface area contributed by atoms with E-state index in [1.54, 1.807) is 0 Å². The maximum absolute atomic E-state index is 13.7. The Balaban J connectivity index is 3.38. The molecule has 0 fully saturated rings. The van der Waals surface area contributed by atoms with Gasteiger partial charge in [0.15, 0.2) is 11.4 Å². The first-order chi connectivity index (χ1) is 7.83. The van der Waals surface area contributed by atoms with Crippen LogP contribution in [0.4, 0.5) is 14.5 Å². The molecule has 1 aromatic rings. The average Bonchev–Trinajstić information content (AvgIpc) is 2.31. The second-order valence-electron chi connectivity index (χ2n) is 3.58. The fourth-order valence-electron chi connectivity index (χ4n) is 1.12. The van der Waals surface area contributed by atoms with Crippen LogP contribution in [0, 0.1) is 0 Å². The molecule has 0 saturated carbocycles. The predicted molar refractivity (Wildman–Crippen MR) is 59.4 cm³/mol. The molecule has 0 spiro atoms. The topological polar surface area (TPSA) is 65.2 Å². The van der Waals surface area contributed by atoms with E-state index >= 15 is 0 Å². The molecule has 17 heavy (non-hydrogen) atoms. The summed E-state index contributed by atoms with van der Waals surface area (Å²) >= 11 is 5.73. The Morgan fingerprint density at radius 2 is 2.29 bits per heavy atom. The SMILES string of the molecule is COC(=O)c1nc(C(C)(F)CF)cc(N)c1Cl. The third-order valence-electron chi connectivity index (χ3n) is 2.15. The number of aromatic nitrogens is 1. The Morgan fingerprint density at radius 3 is 2.76 bits per heavy atom. The van der Waals surface area contributed by atoms with Gasteiger partial charge in [-0.2, -0.15) is 0 Å². The zero-order valence-corrected chi connectivity index (χ0v) is 10.0. The van der Waals surface area contributed by atoms with Crippen molar-refractivity contribution in [3.8, 4) is 0 Å². The third kappa shape index (κ3) is 2.63. The maximum Gasteiger partial charge on any atom is 0.358 e. The van der Waals surface area contributed by atoms with Crippen molar-refractivity contribution in [1.29, 1.82) is 0 Å². The zero-order valence-electron chi connectivity index (χ0n) is 9.26. The molecular weight excluding hydrogens is 254 g/mol. The fraction of sp³-hybridized carbons (Fsp3) is 0.400. The van der Waals surface area contributed by atoms with E-state index in [1.807, 2.05) is 0 Å². The Hall–Kier alpha value is -1.43. The van der Waals surface area contributed by atoms with Crippen molar-refractivity contribution in [1.82, 2.24) is 4.98 Å². The van der Waals surface area contributed by atoms with E-state index in [1.165, 1.54) is 0 Å². The maximum atomic E-state index is 13.7. The largest absolute Gasteiger partial charge is 0.464 e. The molecular formula is C10H11ClF2N2O2. The normalized spacial score (nSPS) is 14.2. The first kappa shape index (κ1) is 13.6. The summed E-state index contributed by atoms with van der Waals surface area (Å²) in [5.41, 5.74) is 2.47. The molecule has 1 heterocycles. The number of anilines is 1. The molecule has 0 saturated heterocycles. The monoisotopic (exact) mass is 264 g/mol. The Kier molecular flexibility index (Phi) is 3.87. The molecule has 94 valence electrons. The average molecular weight is 265 g/mol. The minimum atomic E-state index is -2.33. The van der Waals surface area contributed by atoms with Crippen molar-refractivity contribution in [2.75, 3.05) is 19.5 Å². The molecule has 0 aromatic carbocycles. The summed E-state index contributed by atoms with van der Waals surface area (Å²) in [7, 11) is 1.12. The molecule has 0 radical (unpaired) electrons. The third-order valence-corrected chi connectivity index (χ3v) is 2.55. The number of carbonyl (C=O) groups excluding carboxylic acids is 1. The standard InChI is InChI=1S/C10H11ClF2N2O2/c1-10(13,4-12)6-3-5(14)7(11)8(15-6)9(16)17-2/h3H,4H2,1-2H3,(H2,14,15). The van der Waals surface area contributed by atoms with Crippen LogP contribution in [0.25, 0.3) is 0 Å². The lowest BCUT2D eigenvalue weighted by Gasteiger charge is -2.17. The molecule has 1 atom stereocenters. The predicted octanol–water partition coefficient (Wildman–Crippen LogP) is 2.26. The number of esters is 1. The lowest BCUT2D eigenvalue weighted by molar-refractivity contribution is 0.0592. The van der Waals surface area contributed by atoms with Gasteiger partial charge in [-0.15, -0.1) is 0 Å². The van der Waals surface area contributed by atoms with Crippen LogP contribution >= 0.6 is 11.6 Å². The molecule has 4 nitrogen and oxygen atoms in total. The van der Waals surface area contributed by atoms with Gasteiger partial charge in [-0.05, 0) is 13.0 Å². The van der Waals surface area contributed by atoms with Gasteiger partial charge in [-0.3, -0.25) is 0 Å². The molecule has 0 aliphatic carbocycles. The van der Waals surface area contributed by atoms with Crippen molar-refractivity contribution in [2.45, 2.75) is 12.6 Å². The van der Waals surface area contributed by atoms with E-state index in [0.29, 0.717) is 0 Å². The second-order valence-corrected chi connectivity index (χ2v) is 3.96. The van der Waals surface area contributed by atoms with Crippen LogP contribution in [-0.4, -0.2) is 24.7 Å². The van der Waals surface area contributed by atoms with E-state index < -0.39 is 18.3 Å². The zero-order chi connectivity index (χ0) is 13.2. The summed E-state index contributed by atoms with van der Waals surface area (Å²) in [6, 6.07) is 1.09. The molecule has 0 bridgehead atoms. The summed E-state index contributed by atoms with van der Waals surface area (Å²) in [5.74, 6) is -0.863. The number of nitrogens with two attached hydrogens (primary N) is 1. The quantitative estimate of drug-likeness (QED) is 0.851. The van der Waals surface area contributed by atoms with Crippen molar-refractivity contribution in [3.05, 3.63) is 22.5 Å². The number of rotatable bonds is 3. The van der Waals surface area contributed by atoms with Crippen LogP contribution in [0.1, 0.15) is 23.1 Å². The Bertz CT molecular complexity index is 452. The minimum absolute atomic E-state index is 0.0607. The first-order valence-corrected chi connectivity index (χ1v) is 5.01. The van der Waals surface area contributed by atoms with Crippen LogP contribution in [0.2, 0.25) is 5.02 Å². The summed E-state index contributed by atoms with van der Waals surface area (Å²) in [5, 5.41) is -0.143. The van der Waals surface area contributed by atoms with Crippen LogP contribution in [0.3, 0.4) is 0 Å². The number of pyridine rings is 1. The van der Waals surface area contributed by atoms with Crippen LogP contribution in [0.5, 0.6) is 0 Å². The number of nitrogen functional groups attached to an aromatic ring is 1. The fourth-order valence-corrected chi connectivity index (χ4v) is 1.29. The number of hydrogen-bond donors (Lipinski definition) is 1.